The monoisotopic (exact) mass is 552 g/mol. The molecule has 11 heteroatoms. The zero-order chi connectivity index (χ0) is 26.8. The number of amides is 1. The third-order valence-electron chi connectivity index (χ3n) is 6.06. The van der Waals surface area contributed by atoms with Gasteiger partial charge in [-0.1, -0.05) is 53.5 Å². The number of nitrogens with two attached hydrogens (primary N) is 1. The normalized spacial score (nSPS) is 15.6. The third-order valence-corrected chi connectivity index (χ3v) is 6.70. The van der Waals surface area contributed by atoms with Gasteiger partial charge in [0, 0.05) is 32.6 Å². The van der Waals surface area contributed by atoms with E-state index in [9.17, 15) is 14.7 Å². The van der Waals surface area contributed by atoms with Crippen molar-refractivity contribution in [2.75, 3.05) is 39.3 Å². The van der Waals surface area contributed by atoms with Crippen molar-refractivity contribution in [2.45, 2.75) is 38.5 Å². The maximum Gasteiger partial charge on any atom is 0.330 e. The molecule has 1 amide bonds. The number of hydrogen-bond donors (Lipinski definition) is 4. The molecule has 2 aromatic carbocycles. The smallest absolute Gasteiger partial charge is 0.330 e. The summed E-state index contributed by atoms with van der Waals surface area (Å²) in [5.41, 5.74) is 6.15. The fourth-order valence-corrected chi connectivity index (χ4v) is 4.53. The molecule has 0 radical (unpaired) electrons. The Labute approximate surface area is 227 Å². The summed E-state index contributed by atoms with van der Waals surface area (Å²) in [4.78, 5) is 28.4. The minimum absolute atomic E-state index is 0.0650. The van der Waals surface area contributed by atoms with Crippen molar-refractivity contribution in [3.8, 4) is 11.5 Å². The number of nitrogens with one attached hydrogen (secondary N) is 2. The van der Waals surface area contributed by atoms with E-state index in [0.29, 0.717) is 19.6 Å². The maximum absolute atomic E-state index is 13.2. The van der Waals surface area contributed by atoms with Crippen molar-refractivity contribution in [1.82, 2.24) is 15.5 Å². The molecule has 3 rings (SSSR count). The SMILES string of the molecule is CC(OC(=O)[C@H](Cc1ccccc1)NC(=O)c1cc(Cl)c(OCCCCN)c(Cl)c1O)N1CCNCC1. The van der Waals surface area contributed by atoms with Gasteiger partial charge in [0.1, 0.15) is 11.1 Å². The van der Waals surface area contributed by atoms with Crippen molar-refractivity contribution in [3.63, 3.8) is 0 Å². The van der Waals surface area contributed by atoms with E-state index in [0.717, 1.165) is 38.2 Å². The number of aromatic hydroxyl groups is 1. The lowest BCUT2D eigenvalue weighted by molar-refractivity contribution is -0.160. The van der Waals surface area contributed by atoms with Crippen molar-refractivity contribution in [3.05, 3.63) is 57.6 Å². The van der Waals surface area contributed by atoms with Crippen molar-refractivity contribution in [1.29, 1.82) is 0 Å². The van der Waals surface area contributed by atoms with E-state index in [4.69, 9.17) is 38.4 Å². The van der Waals surface area contributed by atoms with Gasteiger partial charge in [-0.25, -0.2) is 4.79 Å². The number of esters is 1. The van der Waals surface area contributed by atoms with Crippen LogP contribution in [0.25, 0.3) is 0 Å². The Morgan fingerprint density at radius 1 is 1.19 bits per heavy atom. The standard InChI is InChI=1S/C26H34Cl2N4O5/c1-17(32-12-10-30-11-13-32)37-26(35)21(15-18-7-3-2-4-8-18)31-25(34)19-16-20(27)24(22(28)23(19)33)36-14-6-5-9-29/h2-4,7-8,16-17,21,30,33H,5-6,9-15,29H2,1H3,(H,31,34)/t17?,21-/m0/s1. The fraction of sp³-hybridized carbons (Fsp3) is 0.462. The molecule has 5 N–H and O–H groups in total. The van der Waals surface area contributed by atoms with Crippen LogP contribution in [-0.4, -0.2) is 73.5 Å². The molecule has 1 aliphatic heterocycles. The number of ether oxygens (including phenoxy) is 2. The van der Waals surface area contributed by atoms with Crippen molar-refractivity contribution < 1.29 is 24.2 Å². The number of hydrogen-bond acceptors (Lipinski definition) is 8. The number of carbonyl (C=O) groups excluding carboxylic acids is 2. The van der Waals surface area contributed by atoms with Gasteiger partial charge in [0.25, 0.3) is 5.91 Å². The molecule has 2 atom stereocenters. The van der Waals surface area contributed by atoms with E-state index in [2.05, 4.69) is 10.6 Å². The first-order valence-electron chi connectivity index (χ1n) is 12.4. The molecular weight excluding hydrogens is 519 g/mol. The van der Waals surface area contributed by atoms with E-state index in [1.165, 1.54) is 6.07 Å². The zero-order valence-corrected chi connectivity index (χ0v) is 22.4. The summed E-state index contributed by atoms with van der Waals surface area (Å²) >= 11 is 12.6. The van der Waals surface area contributed by atoms with Gasteiger partial charge >= 0.3 is 5.97 Å². The summed E-state index contributed by atoms with van der Waals surface area (Å²) in [7, 11) is 0. The summed E-state index contributed by atoms with van der Waals surface area (Å²) in [5, 5.41) is 16.5. The average molecular weight is 553 g/mol. The Bertz CT molecular complexity index is 1050. The largest absolute Gasteiger partial charge is 0.505 e. The van der Waals surface area contributed by atoms with Crippen molar-refractivity contribution >= 4 is 35.1 Å². The van der Waals surface area contributed by atoms with Gasteiger partial charge in [-0.3, -0.25) is 9.69 Å². The third kappa shape index (κ3) is 8.21. The number of rotatable bonds is 12. The summed E-state index contributed by atoms with van der Waals surface area (Å²) in [5.74, 6) is -1.71. The first-order chi connectivity index (χ1) is 17.8. The molecule has 0 spiro atoms. The van der Waals surface area contributed by atoms with Crippen molar-refractivity contribution in [2.24, 2.45) is 5.73 Å². The van der Waals surface area contributed by atoms with Gasteiger partial charge < -0.3 is 30.9 Å². The van der Waals surface area contributed by atoms with Gasteiger partial charge in [-0.15, -0.1) is 0 Å². The molecule has 1 unspecified atom stereocenters. The number of benzene rings is 2. The minimum Gasteiger partial charge on any atom is -0.505 e. The van der Waals surface area contributed by atoms with Crippen LogP contribution in [-0.2, 0) is 16.0 Å². The Hall–Kier alpha value is -2.56. The highest BCUT2D eigenvalue weighted by Gasteiger charge is 2.29. The maximum atomic E-state index is 13.2. The molecule has 0 aromatic heterocycles. The van der Waals surface area contributed by atoms with Crippen LogP contribution in [0.15, 0.2) is 36.4 Å². The molecule has 9 nitrogen and oxygen atoms in total. The number of unbranched alkanes of at least 4 members (excludes halogenated alkanes) is 1. The predicted octanol–water partition coefficient (Wildman–Crippen LogP) is 2.95. The first-order valence-corrected chi connectivity index (χ1v) is 13.1. The molecule has 2 aromatic rings. The van der Waals surface area contributed by atoms with Crippen LogP contribution in [0, 0.1) is 0 Å². The number of phenolic OH excluding ortho intramolecular Hbond substituents is 1. The number of carbonyl (C=O) groups is 2. The van der Waals surface area contributed by atoms with Crippen LogP contribution in [0.5, 0.6) is 11.5 Å². The van der Waals surface area contributed by atoms with E-state index in [1.54, 1.807) is 0 Å². The molecule has 0 saturated carbocycles. The molecule has 1 heterocycles. The average Bonchev–Trinajstić information content (AvgIpc) is 2.90. The number of nitrogens with zero attached hydrogens (tertiary/aromatic N) is 1. The van der Waals surface area contributed by atoms with Crippen LogP contribution in [0.1, 0.15) is 35.7 Å². The number of halogens is 2. The predicted molar refractivity (Wildman–Crippen MR) is 143 cm³/mol. The Morgan fingerprint density at radius 3 is 2.57 bits per heavy atom. The van der Waals surface area contributed by atoms with Crippen LogP contribution in [0.3, 0.4) is 0 Å². The highest BCUT2D eigenvalue weighted by Crippen LogP contribution is 2.42. The van der Waals surface area contributed by atoms with E-state index in [1.807, 2.05) is 42.2 Å². The quantitative estimate of drug-likeness (QED) is 0.234. The minimum atomic E-state index is -1.01. The summed E-state index contributed by atoms with van der Waals surface area (Å²) in [6, 6.07) is 9.53. The highest BCUT2D eigenvalue weighted by molar-refractivity contribution is 6.39. The molecular formula is C26H34Cl2N4O5. The van der Waals surface area contributed by atoms with Gasteiger partial charge in [-0.05, 0) is 37.9 Å². The van der Waals surface area contributed by atoms with Crippen LogP contribution >= 0.6 is 23.2 Å². The van der Waals surface area contributed by atoms with E-state index >= 15 is 0 Å². The van der Waals surface area contributed by atoms with E-state index in [-0.39, 0.29) is 27.8 Å². The number of phenols is 1. The summed E-state index contributed by atoms with van der Waals surface area (Å²) < 4.78 is 11.3. The fourth-order valence-electron chi connectivity index (χ4n) is 3.97. The lowest BCUT2D eigenvalue weighted by Gasteiger charge is -2.33. The summed E-state index contributed by atoms with van der Waals surface area (Å²) in [6.07, 6.45) is 1.18. The van der Waals surface area contributed by atoms with Gasteiger partial charge in [0.05, 0.1) is 17.2 Å². The van der Waals surface area contributed by atoms with Gasteiger partial charge in [0.2, 0.25) is 0 Å². The second-order valence-corrected chi connectivity index (χ2v) is 9.57. The van der Waals surface area contributed by atoms with Crippen LogP contribution < -0.4 is 21.1 Å². The lowest BCUT2D eigenvalue weighted by atomic mass is 10.0. The molecule has 0 aliphatic carbocycles. The molecule has 1 aliphatic rings. The van der Waals surface area contributed by atoms with Crippen LogP contribution in [0.4, 0.5) is 0 Å². The molecule has 202 valence electrons. The highest BCUT2D eigenvalue weighted by atomic mass is 35.5. The Kier molecular flexibility index (Phi) is 11.3. The summed E-state index contributed by atoms with van der Waals surface area (Å²) in [6.45, 7) is 5.74. The second-order valence-electron chi connectivity index (χ2n) is 8.78. The molecule has 37 heavy (non-hydrogen) atoms. The molecule has 0 bridgehead atoms. The number of piperazine rings is 1. The second kappa shape index (κ2) is 14.4. The first kappa shape index (κ1) is 29.0. The Morgan fingerprint density at radius 2 is 1.89 bits per heavy atom. The molecule has 1 fully saturated rings. The molecule has 1 saturated heterocycles. The lowest BCUT2D eigenvalue weighted by Crippen LogP contribution is -2.51. The Balaban J connectivity index is 1.77. The van der Waals surface area contributed by atoms with Gasteiger partial charge in [0.15, 0.2) is 17.7 Å². The van der Waals surface area contributed by atoms with Crippen LogP contribution in [0.2, 0.25) is 10.0 Å². The topological polar surface area (TPSA) is 126 Å². The zero-order valence-electron chi connectivity index (χ0n) is 20.8. The van der Waals surface area contributed by atoms with E-state index < -0.39 is 29.9 Å². The van der Waals surface area contributed by atoms with Gasteiger partial charge in [-0.2, -0.15) is 0 Å².